The number of benzene rings is 1. The van der Waals surface area contributed by atoms with Crippen LogP contribution in [-0.2, 0) is 0 Å². The number of halogens is 1. The highest BCUT2D eigenvalue weighted by atomic mass is 35.5. The second kappa shape index (κ2) is 6.72. The third kappa shape index (κ3) is 3.82. The maximum Gasteiger partial charge on any atom is 0.254 e. The van der Waals surface area contributed by atoms with Crippen LogP contribution in [0.3, 0.4) is 0 Å². The fourth-order valence-corrected chi connectivity index (χ4v) is 2.29. The van der Waals surface area contributed by atoms with Gasteiger partial charge >= 0.3 is 0 Å². The van der Waals surface area contributed by atoms with Gasteiger partial charge in [0.2, 0.25) is 0 Å². The summed E-state index contributed by atoms with van der Waals surface area (Å²) in [5.74, 6) is 0.284. The highest BCUT2D eigenvalue weighted by Gasteiger charge is 2.14. The molecule has 0 spiro atoms. The first-order valence-corrected chi connectivity index (χ1v) is 7.38. The normalized spacial score (nSPS) is 12.2. The van der Waals surface area contributed by atoms with Crippen molar-refractivity contribution >= 4 is 17.5 Å². The van der Waals surface area contributed by atoms with Crippen molar-refractivity contribution in [2.24, 2.45) is 0 Å². The third-order valence-electron chi connectivity index (χ3n) is 3.45. The van der Waals surface area contributed by atoms with E-state index in [-0.39, 0.29) is 17.1 Å². The van der Waals surface area contributed by atoms with Gasteiger partial charge in [-0.1, -0.05) is 49.7 Å². The van der Waals surface area contributed by atoms with E-state index in [1.54, 1.807) is 18.3 Å². The smallest absolute Gasteiger partial charge is 0.254 e. The molecule has 0 fully saturated rings. The molecule has 2 rings (SSSR count). The fraction of sp³-hybridized carbons (Fsp3) is 0.294. The Balaban J connectivity index is 2.09. The molecule has 1 aromatic heterocycles. The summed E-state index contributed by atoms with van der Waals surface area (Å²) in [6.45, 7) is 6.27. The highest BCUT2D eigenvalue weighted by Crippen LogP contribution is 2.19. The van der Waals surface area contributed by atoms with Crippen LogP contribution in [0.25, 0.3) is 0 Å². The number of carbonyl (C=O) groups excluding carboxylic acids is 1. The molecule has 0 aliphatic carbocycles. The van der Waals surface area contributed by atoms with Gasteiger partial charge < -0.3 is 5.32 Å². The van der Waals surface area contributed by atoms with E-state index >= 15 is 0 Å². The van der Waals surface area contributed by atoms with Crippen molar-refractivity contribution in [1.29, 1.82) is 0 Å². The summed E-state index contributed by atoms with van der Waals surface area (Å²) in [4.78, 5) is 16.1. The number of rotatable bonds is 4. The van der Waals surface area contributed by atoms with Gasteiger partial charge in [0, 0.05) is 6.20 Å². The maximum atomic E-state index is 12.2. The third-order valence-corrected chi connectivity index (χ3v) is 3.76. The molecule has 2 aromatic rings. The quantitative estimate of drug-likeness (QED) is 0.853. The van der Waals surface area contributed by atoms with Crippen LogP contribution in [0.2, 0.25) is 5.15 Å². The molecule has 1 unspecified atom stereocenters. The van der Waals surface area contributed by atoms with E-state index in [0.29, 0.717) is 11.5 Å². The zero-order chi connectivity index (χ0) is 15.4. The molecule has 1 amide bonds. The van der Waals surface area contributed by atoms with Gasteiger partial charge in [-0.15, -0.1) is 0 Å². The van der Waals surface area contributed by atoms with Gasteiger partial charge in [-0.05, 0) is 36.1 Å². The molecule has 1 N–H and O–H groups in total. The Hall–Kier alpha value is -1.87. The van der Waals surface area contributed by atoms with Crippen molar-refractivity contribution in [3.05, 3.63) is 64.4 Å². The lowest BCUT2D eigenvalue weighted by atomic mass is 9.99. The Morgan fingerprint density at radius 3 is 2.29 bits per heavy atom. The highest BCUT2D eigenvalue weighted by molar-refractivity contribution is 6.32. The minimum atomic E-state index is -0.214. The Bertz CT molecular complexity index is 623. The van der Waals surface area contributed by atoms with Crippen LogP contribution in [-0.4, -0.2) is 10.9 Å². The second-order valence-corrected chi connectivity index (χ2v) is 5.72. The van der Waals surface area contributed by atoms with E-state index in [1.165, 1.54) is 5.56 Å². The summed E-state index contributed by atoms with van der Waals surface area (Å²) in [6.07, 6.45) is 1.56. The molecule has 4 heteroatoms. The molecule has 1 aromatic carbocycles. The Labute approximate surface area is 130 Å². The summed E-state index contributed by atoms with van der Waals surface area (Å²) < 4.78 is 0. The number of carbonyl (C=O) groups is 1. The lowest BCUT2D eigenvalue weighted by molar-refractivity contribution is 0.0939. The molecule has 0 saturated carbocycles. The van der Waals surface area contributed by atoms with E-state index in [0.717, 1.165) is 5.56 Å². The van der Waals surface area contributed by atoms with Crippen molar-refractivity contribution in [2.75, 3.05) is 0 Å². The first kappa shape index (κ1) is 15.5. The zero-order valence-electron chi connectivity index (χ0n) is 12.4. The van der Waals surface area contributed by atoms with Crippen LogP contribution in [0.5, 0.6) is 0 Å². The predicted octanol–water partition coefficient (Wildman–Crippen LogP) is 4.35. The van der Waals surface area contributed by atoms with Gasteiger partial charge in [0.25, 0.3) is 5.91 Å². The van der Waals surface area contributed by atoms with E-state index in [1.807, 2.05) is 19.1 Å². The van der Waals surface area contributed by atoms with E-state index in [2.05, 4.69) is 36.3 Å². The number of nitrogens with zero attached hydrogens (tertiary/aromatic N) is 1. The monoisotopic (exact) mass is 302 g/mol. The Kier molecular flexibility index (Phi) is 4.97. The van der Waals surface area contributed by atoms with E-state index in [9.17, 15) is 4.79 Å². The number of amides is 1. The van der Waals surface area contributed by atoms with Gasteiger partial charge in [0.1, 0.15) is 5.15 Å². The first-order chi connectivity index (χ1) is 9.99. The SMILES string of the molecule is CC(C)c1ccc(C(C)NC(=O)c2cccnc2Cl)cc1. The second-order valence-electron chi connectivity index (χ2n) is 5.36. The van der Waals surface area contributed by atoms with Gasteiger partial charge in [-0.2, -0.15) is 0 Å². The first-order valence-electron chi connectivity index (χ1n) is 7.00. The Morgan fingerprint density at radius 1 is 1.10 bits per heavy atom. The molecule has 110 valence electrons. The van der Waals surface area contributed by atoms with E-state index < -0.39 is 0 Å². The molecule has 1 heterocycles. The van der Waals surface area contributed by atoms with Gasteiger partial charge in [-0.25, -0.2) is 4.98 Å². The standard InChI is InChI=1S/C17H19ClN2O/c1-11(2)13-6-8-14(9-7-13)12(3)20-17(21)15-5-4-10-19-16(15)18/h4-12H,1-3H3,(H,20,21). The summed E-state index contributed by atoms with van der Waals surface area (Å²) in [5, 5.41) is 3.16. The number of pyridine rings is 1. The van der Waals surface area contributed by atoms with Crippen LogP contribution in [0.15, 0.2) is 42.6 Å². The van der Waals surface area contributed by atoms with Crippen molar-refractivity contribution in [3.8, 4) is 0 Å². The Morgan fingerprint density at radius 2 is 1.71 bits per heavy atom. The van der Waals surface area contributed by atoms with Crippen molar-refractivity contribution in [2.45, 2.75) is 32.7 Å². The molecule has 1 atom stereocenters. The van der Waals surface area contributed by atoms with Crippen molar-refractivity contribution < 1.29 is 4.79 Å². The topological polar surface area (TPSA) is 42.0 Å². The maximum absolute atomic E-state index is 12.2. The summed E-state index contributed by atoms with van der Waals surface area (Å²) in [7, 11) is 0. The lowest BCUT2D eigenvalue weighted by Crippen LogP contribution is -2.27. The average molecular weight is 303 g/mol. The molecule has 0 radical (unpaired) electrons. The van der Waals surface area contributed by atoms with Gasteiger partial charge in [0.15, 0.2) is 0 Å². The fourth-order valence-electron chi connectivity index (χ4n) is 2.08. The summed E-state index contributed by atoms with van der Waals surface area (Å²) >= 11 is 5.93. The molecule has 3 nitrogen and oxygen atoms in total. The molecule has 0 bridgehead atoms. The van der Waals surface area contributed by atoms with Gasteiger partial charge in [0.05, 0.1) is 11.6 Å². The molecule has 21 heavy (non-hydrogen) atoms. The van der Waals surface area contributed by atoms with Crippen molar-refractivity contribution in [3.63, 3.8) is 0 Å². The molecular weight excluding hydrogens is 284 g/mol. The largest absolute Gasteiger partial charge is 0.345 e. The van der Waals surface area contributed by atoms with Gasteiger partial charge in [-0.3, -0.25) is 4.79 Å². The summed E-state index contributed by atoms with van der Waals surface area (Å²) in [5.41, 5.74) is 2.74. The van der Waals surface area contributed by atoms with Crippen LogP contribution >= 0.6 is 11.6 Å². The number of hydrogen-bond acceptors (Lipinski definition) is 2. The molecule has 0 aliphatic heterocycles. The van der Waals surface area contributed by atoms with Crippen LogP contribution in [0, 0.1) is 0 Å². The summed E-state index contributed by atoms with van der Waals surface area (Å²) in [6, 6.07) is 11.6. The number of hydrogen-bond donors (Lipinski definition) is 1. The number of nitrogens with one attached hydrogen (secondary N) is 1. The van der Waals surface area contributed by atoms with E-state index in [4.69, 9.17) is 11.6 Å². The lowest BCUT2D eigenvalue weighted by Gasteiger charge is -2.16. The average Bonchev–Trinajstić information content (AvgIpc) is 2.47. The van der Waals surface area contributed by atoms with Crippen molar-refractivity contribution in [1.82, 2.24) is 10.3 Å². The van der Waals surface area contributed by atoms with Crippen LogP contribution in [0.1, 0.15) is 54.2 Å². The molecule has 0 aliphatic rings. The van der Waals surface area contributed by atoms with Crippen LogP contribution in [0.4, 0.5) is 0 Å². The van der Waals surface area contributed by atoms with Crippen LogP contribution < -0.4 is 5.32 Å². The molecular formula is C17H19ClN2O. The zero-order valence-corrected chi connectivity index (χ0v) is 13.2. The molecule has 0 saturated heterocycles. The minimum absolute atomic E-state index is 0.0880. The number of aromatic nitrogens is 1. The predicted molar refractivity (Wildman–Crippen MR) is 85.7 cm³/mol. The minimum Gasteiger partial charge on any atom is -0.345 e.